The maximum absolute atomic E-state index is 11.6. The number of rotatable bonds is 3. The number of amidine groups is 1. The summed E-state index contributed by atoms with van der Waals surface area (Å²) in [6, 6.07) is 3.56. The Balaban J connectivity index is 2.27. The molecule has 1 saturated heterocycles. The van der Waals surface area contributed by atoms with Crippen molar-refractivity contribution in [1.29, 1.82) is 5.41 Å². The molecule has 0 bridgehead atoms. The average Bonchev–Trinajstić information content (AvgIpc) is 2.77. The lowest BCUT2D eigenvalue weighted by molar-refractivity contribution is 0.206. The number of thiophene rings is 1. The van der Waals surface area contributed by atoms with Crippen LogP contribution in [0.4, 0.5) is 4.79 Å². The number of nitrogens with zero attached hydrogens (tertiary/aromatic N) is 1. The van der Waals surface area contributed by atoms with Crippen LogP contribution in [-0.4, -0.2) is 23.3 Å². The molecule has 2 rings (SSSR count). The van der Waals surface area contributed by atoms with Gasteiger partial charge < -0.3 is 4.90 Å². The molecular formula is C10H13N3OS. The summed E-state index contributed by atoms with van der Waals surface area (Å²) in [5.74, 6) is 0.288. The Kier molecular flexibility index (Phi) is 2.73. The predicted molar refractivity (Wildman–Crippen MR) is 60.3 cm³/mol. The van der Waals surface area contributed by atoms with Crippen molar-refractivity contribution in [2.45, 2.75) is 19.4 Å². The highest BCUT2D eigenvalue weighted by atomic mass is 32.1. The van der Waals surface area contributed by atoms with Crippen LogP contribution in [0.15, 0.2) is 17.5 Å². The van der Waals surface area contributed by atoms with Crippen LogP contribution in [0.3, 0.4) is 0 Å². The van der Waals surface area contributed by atoms with Crippen molar-refractivity contribution >= 4 is 23.2 Å². The van der Waals surface area contributed by atoms with Gasteiger partial charge in [-0.3, -0.25) is 10.7 Å². The summed E-state index contributed by atoms with van der Waals surface area (Å²) >= 11 is 1.58. The number of nitrogens with one attached hydrogen (secondary N) is 2. The second-order valence-electron chi connectivity index (χ2n) is 3.46. The molecule has 2 amide bonds. The lowest BCUT2D eigenvalue weighted by Gasteiger charge is -2.20. The minimum absolute atomic E-state index is 0.153. The fourth-order valence-corrected chi connectivity index (χ4v) is 2.59. The van der Waals surface area contributed by atoms with Crippen molar-refractivity contribution in [2.75, 3.05) is 6.54 Å². The topological polar surface area (TPSA) is 56.2 Å². The van der Waals surface area contributed by atoms with Gasteiger partial charge in [-0.05, 0) is 17.9 Å². The number of carbonyl (C=O) groups excluding carboxylic acids is 1. The van der Waals surface area contributed by atoms with Crippen molar-refractivity contribution in [1.82, 2.24) is 10.2 Å². The molecule has 0 aromatic carbocycles. The van der Waals surface area contributed by atoms with Crippen molar-refractivity contribution in [2.24, 2.45) is 0 Å². The Morgan fingerprint density at radius 3 is 3.07 bits per heavy atom. The smallest absolute Gasteiger partial charge is 0.309 e. The fourth-order valence-electron chi connectivity index (χ4n) is 1.74. The Bertz CT molecular complexity index is 374. The summed E-state index contributed by atoms with van der Waals surface area (Å²) in [7, 11) is 0. The largest absolute Gasteiger partial charge is 0.323 e. The molecule has 1 fully saturated rings. The summed E-state index contributed by atoms with van der Waals surface area (Å²) in [5.41, 5.74) is 0. The zero-order valence-electron chi connectivity index (χ0n) is 8.49. The molecule has 2 heterocycles. The average molecular weight is 223 g/mol. The monoisotopic (exact) mass is 223 g/mol. The molecule has 1 unspecified atom stereocenters. The first-order valence-electron chi connectivity index (χ1n) is 4.93. The fraction of sp³-hybridized carbons (Fsp3) is 0.400. The lowest BCUT2D eigenvalue weighted by Crippen LogP contribution is -2.30. The zero-order chi connectivity index (χ0) is 10.8. The van der Waals surface area contributed by atoms with Crippen molar-refractivity contribution < 1.29 is 4.79 Å². The first-order chi connectivity index (χ1) is 7.24. The number of hydrogen-bond donors (Lipinski definition) is 2. The zero-order valence-corrected chi connectivity index (χ0v) is 9.30. The van der Waals surface area contributed by atoms with Crippen LogP contribution < -0.4 is 5.32 Å². The summed E-state index contributed by atoms with van der Waals surface area (Å²) in [5, 5.41) is 12.3. The number of amides is 2. The minimum Gasteiger partial charge on any atom is -0.309 e. The molecule has 1 aliphatic rings. The maximum Gasteiger partial charge on any atom is 0.323 e. The van der Waals surface area contributed by atoms with Gasteiger partial charge in [0.05, 0.1) is 0 Å². The molecule has 1 aromatic heterocycles. The Labute approximate surface area is 92.4 Å². The standard InChI is InChI=1S/C10H13N3OS/c1-2-5-13-8(7-4-3-6-15-7)9(11)12-10(13)14/h3-4,6,8H,2,5H2,1H3,(H2,11,12,14). The summed E-state index contributed by atoms with van der Waals surface area (Å²) in [6.45, 7) is 2.72. The van der Waals surface area contributed by atoms with E-state index in [-0.39, 0.29) is 17.9 Å². The lowest BCUT2D eigenvalue weighted by atomic mass is 10.2. The van der Waals surface area contributed by atoms with Gasteiger partial charge in [-0.25, -0.2) is 4.79 Å². The van der Waals surface area contributed by atoms with Crippen LogP contribution in [0.2, 0.25) is 0 Å². The van der Waals surface area contributed by atoms with E-state index in [2.05, 4.69) is 5.32 Å². The van der Waals surface area contributed by atoms with E-state index in [4.69, 9.17) is 5.41 Å². The molecule has 1 atom stereocenters. The summed E-state index contributed by atoms with van der Waals surface area (Å²) < 4.78 is 0. The van der Waals surface area contributed by atoms with Gasteiger partial charge in [0.15, 0.2) is 0 Å². The molecule has 0 spiro atoms. The van der Waals surface area contributed by atoms with Gasteiger partial charge in [-0.1, -0.05) is 13.0 Å². The molecular weight excluding hydrogens is 210 g/mol. The molecule has 1 aliphatic heterocycles. The van der Waals surface area contributed by atoms with Gasteiger partial charge >= 0.3 is 6.03 Å². The van der Waals surface area contributed by atoms with Crippen LogP contribution >= 0.6 is 11.3 Å². The van der Waals surface area contributed by atoms with Crippen LogP contribution in [0.1, 0.15) is 24.3 Å². The van der Waals surface area contributed by atoms with Crippen molar-refractivity contribution in [3.8, 4) is 0 Å². The molecule has 0 aliphatic carbocycles. The van der Waals surface area contributed by atoms with Crippen LogP contribution in [0.25, 0.3) is 0 Å². The number of urea groups is 1. The van der Waals surface area contributed by atoms with E-state index in [1.54, 1.807) is 16.2 Å². The quantitative estimate of drug-likeness (QED) is 0.811. The number of hydrogen-bond acceptors (Lipinski definition) is 3. The third kappa shape index (κ3) is 1.74. The molecule has 80 valence electrons. The Morgan fingerprint density at radius 1 is 1.67 bits per heavy atom. The normalized spacial score (nSPS) is 20.9. The van der Waals surface area contributed by atoms with E-state index in [1.807, 2.05) is 24.4 Å². The highest BCUT2D eigenvalue weighted by Gasteiger charge is 2.36. The summed E-state index contributed by atoms with van der Waals surface area (Å²) in [6.07, 6.45) is 0.905. The first-order valence-corrected chi connectivity index (χ1v) is 5.81. The number of carbonyl (C=O) groups is 1. The molecule has 15 heavy (non-hydrogen) atoms. The first kappa shape index (κ1) is 10.2. The van der Waals surface area contributed by atoms with Crippen LogP contribution in [-0.2, 0) is 0 Å². The van der Waals surface area contributed by atoms with Gasteiger partial charge in [-0.15, -0.1) is 11.3 Å². The van der Waals surface area contributed by atoms with Crippen LogP contribution in [0.5, 0.6) is 0 Å². The van der Waals surface area contributed by atoms with Gasteiger partial charge in [0.25, 0.3) is 0 Å². The van der Waals surface area contributed by atoms with E-state index in [0.717, 1.165) is 11.3 Å². The predicted octanol–water partition coefficient (Wildman–Crippen LogP) is 2.20. The van der Waals surface area contributed by atoms with E-state index in [0.29, 0.717) is 6.54 Å². The highest BCUT2D eigenvalue weighted by Crippen LogP contribution is 2.29. The van der Waals surface area contributed by atoms with Gasteiger partial charge in [0, 0.05) is 11.4 Å². The third-order valence-electron chi connectivity index (χ3n) is 2.36. The van der Waals surface area contributed by atoms with Gasteiger partial charge in [-0.2, -0.15) is 0 Å². The SMILES string of the molecule is CCCN1C(=O)NC(=N)C1c1cccs1. The van der Waals surface area contributed by atoms with Crippen molar-refractivity contribution in [3.05, 3.63) is 22.4 Å². The summed E-state index contributed by atoms with van der Waals surface area (Å²) in [4.78, 5) is 14.3. The third-order valence-corrected chi connectivity index (χ3v) is 3.29. The van der Waals surface area contributed by atoms with Gasteiger partial charge in [0.1, 0.15) is 11.9 Å². The van der Waals surface area contributed by atoms with Crippen LogP contribution in [0, 0.1) is 5.41 Å². The molecule has 4 nitrogen and oxygen atoms in total. The Hall–Kier alpha value is -1.36. The second kappa shape index (κ2) is 4.02. The molecule has 0 radical (unpaired) electrons. The molecule has 5 heteroatoms. The van der Waals surface area contributed by atoms with Gasteiger partial charge in [0.2, 0.25) is 0 Å². The molecule has 2 N–H and O–H groups in total. The molecule has 0 saturated carbocycles. The Morgan fingerprint density at radius 2 is 2.47 bits per heavy atom. The van der Waals surface area contributed by atoms with E-state index in [9.17, 15) is 4.79 Å². The minimum atomic E-state index is -0.197. The maximum atomic E-state index is 11.6. The molecule has 1 aromatic rings. The van der Waals surface area contributed by atoms with E-state index in [1.165, 1.54) is 0 Å². The second-order valence-corrected chi connectivity index (χ2v) is 4.43. The highest BCUT2D eigenvalue weighted by molar-refractivity contribution is 7.10. The van der Waals surface area contributed by atoms with E-state index >= 15 is 0 Å². The van der Waals surface area contributed by atoms with Crippen molar-refractivity contribution in [3.63, 3.8) is 0 Å². The van der Waals surface area contributed by atoms with E-state index < -0.39 is 0 Å².